The van der Waals surface area contributed by atoms with Crippen molar-refractivity contribution in [3.8, 4) is 5.75 Å². The average molecular weight is 456 g/mol. The first-order valence-electron chi connectivity index (χ1n) is 12.0. The molecule has 2 rings (SSSR count). The van der Waals surface area contributed by atoms with E-state index in [2.05, 4.69) is 30.5 Å². The first-order valence-corrected chi connectivity index (χ1v) is 12.0. The zero-order valence-corrected chi connectivity index (χ0v) is 21.4. The Labute approximate surface area is 199 Å². The van der Waals surface area contributed by atoms with Crippen molar-refractivity contribution < 1.29 is 14.3 Å². The largest absolute Gasteiger partial charge is 0.497 e. The zero-order chi connectivity index (χ0) is 24.6. The van der Waals surface area contributed by atoms with Crippen LogP contribution in [0.25, 0.3) is 0 Å². The van der Waals surface area contributed by atoms with Crippen LogP contribution in [-0.2, 0) is 22.7 Å². The molecule has 0 aliphatic heterocycles. The van der Waals surface area contributed by atoms with Gasteiger partial charge in [-0.15, -0.1) is 0 Å². The standard InChI is InChI=1S/C27H41N3O3/c1-8-15-29(26(32)27(4,5)6)20-25(31)30(21(3)9-2)19-23-13-11-16-28(23)18-22-12-10-14-24(17-22)33-7/h10-14,16-17,21H,8-9,15,18-20H2,1-7H3. The van der Waals surface area contributed by atoms with E-state index in [1.165, 1.54) is 0 Å². The molecule has 1 aromatic heterocycles. The Hall–Kier alpha value is -2.76. The molecule has 0 saturated carbocycles. The summed E-state index contributed by atoms with van der Waals surface area (Å²) in [6.45, 7) is 13.8. The molecule has 33 heavy (non-hydrogen) atoms. The van der Waals surface area contributed by atoms with Crippen LogP contribution < -0.4 is 4.74 Å². The Kier molecular flexibility index (Phi) is 9.56. The summed E-state index contributed by atoms with van der Waals surface area (Å²) in [6, 6.07) is 12.2. The van der Waals surface area contributed by atoms with Crippen LogP contribution in [0.1, 0.15) is 65.6 Å². The van der Waals surface area contributed by atoms with Crippen LogP contribution in [0.5, 0.6) is 5.75 Å². The lowest BCUT2D eigenvalue weighted by molar-refractivity contribution is -0.146. The normalized spacial score (nSPS) is 12.3. The highest BCUT2D eigenvalue weighted by molar-refractivity contribution is 5.87. The lowest BCUT2D eigenvalue weighted by Gasteiger charge is -2.34. The van der Waals surface area contributed by atoms with E-state index in [1.54, 1.807) is 12.0 Å². The summed E-state index contributed by atoms with van der Waals surface area (Å²) in [5.41, 5.74) is 1.69. The monoisotopic (exact) mass is 455 g/mol. The predicted octanol–water partition coefficient (Wildman–Crippen LogP) is 4.96. The highest BCUT2D eigenvalue weighted by Crippen LogP contribution is 2.20. The van der Waals surface area contributed by atoms with Crippen molar-refractivity contribution in [1.29, 1.82) is 0 Å². The molecule has 182 valence electrons. The molecular weight excluding hydrogens is 414 g/mol. The van der Waals surface area contributed by atoms with Gasteiger partial charge in [0.05, 0.1) is 20.2 Å². The molecule has 0 N–H and O–H groups in total. The summed E-state index contributed by atoms with van der Waals surface area (Å²) in [5, 5.41) is 0. The molecule has 0 aliphatic carbocycles. The molecule has 0 saturated heterocycles. The summed E-state index contributed by atoms with van der Waals surface area (Å²) >= 11 is 0. The molecule has 6 nitrogen and oxygen atoms in total. The summed E-state index contributed by atoms with van der Waals surface area (Å²) < 4.78 is 7.52. The van der Waals surface area contributed by atoms with Crippen LogP contribution in [0.2, 0.25) is 0 Å². The summed E-state index contributed by atoms with van der Waals surface area (Å²) in [4.78, 5) is 30.0. The SMILES string of the molecule is CCCN(CC(=O)N(Cc1cccn1Cc1cccc(OC)c1)C(C)CC)C(=O)C(C)(C)C. The number of carbonyl (C=O) groups excluding carboxylic acids is 2. The third-order valence-corrected chi connectivity index (χ3v) is 5.93. The van der Waals surface area contributed by atoms with Crippen LogP contribution >= 0.6 is 0 Å². The van der Waals surface area contributed by atoms with E-state index in [0.717, 1.165) is 29.8 Å². The fourth-order valence-corrected chi connectivity index (χ4v) is 3.85. The number of methoxy groups -OCH3 is 1. The van der Waals surface area contributed by atoms with E-state index < -0.39 is 5.41 Å². The van der Waals surface area contributed by atoms with Gasteiger partial charge in [-0.1, -0.05) is 46.8 Å². The fraction of sp³-hybridized carbons (Fsp3) is 0.556. The number of ether oxygens (including phenoxy) is 1. The Bertz CT molecular complexity index is 913. The van der Waals surface area contributed by atoms with Crippen molar-refractivity contribution in [2.75, 3.05) is 20.2 Å². The summed E-state index contributed by atoms with van der Waals surface area (Å²) in [5.74, 6) is 0.838. The van der Waals surface area contributed by atoms with Crippen LogP contribution in [0.4, 0.5) is 0 Å². The van der Waals surface area contributed by atoms with Gasteiger partial charge in [0, 0.05) is 36.4 Å². The number of hydrogen-bond acceptors (Lipinski definition) is 3. The van der Waals surface area contributed by atoms with Crippen LogP contribution in [0.3, 0.4) is 0 Å². The van der Waals surface area contributed by atoms with Crippen molar-refractivity contribution in [2.24, 2.45) is 5.41 Å². The van der Waals surface area contributed by atoms with Gasteiger partial charge in [0.15, 0.2) is 0 Å². The van der Waals surface area contributed by atoms with E-state index in [9.17, 15) is 9.59 Å². The molecular formula is C27H41N3O3. The molecule has 1 atom stereocenters. The minimum atomic E-state index is -0.512. The van der Waals surface area contributed by atoms with E-state index in [1.807, 2.05) is 63.1 Å². The molecule has 0 radical (unpaired) electrons. The number of amides is 2. The first kappa shape index (κ1) is 26.5. The number of hydrogen-bond donors (Lipinski definition) is 0. The van der Waals surface area contributed by atoms with Gasteiger partial charge in [-0.05, 0) is 49.6 Å². The summed E-state index contributed by atoms with van der Waals surface area (Å²) in [7, 11) is 1.67. The second kappa shape index (κ2) is 11.9. The molecule has 1 aromatic carbocycles. The number of aromatic nitrogens is 1. The molecule has 2 aromatic rings. The van der Waals surface area contributed by atoms with Gasteiger partial charge in [-0.25, -0.2) is 0 Å². The van der Waals surface area contributed by atoms with E-state index in [0.29, 0.717) is 19.6 Å². The lowest BCUT2D eigenvalue weighted by atomic mass is 9.94. The molecule has 6 heteroatoms. The summed E-state index contributed by atoms with van der Waals surface area (Å²) in [6.07, 6.45) is 3.71. The molecule has 0 fully saturated rings. The molecule has 1 unspecified atom stereocenters. The van der Waals surface area contributed by atoms with Crippen molar-refractivity contribution in [3.63, 3.8) is 0 Å². The number of rotatable bonds is 11. The molecule has 0 spiro atoms. The minimum absolute atomic E-state index is 0.00969. The smallest absolute Gasteiger partial charge is 0.242 e. The van der Waals surface area contributed by atoms with Crippen LogP contribution in [0, 0.1) is 5.41 Å². The maximum Gasteiger partial charge on any atom is 0.242 e. The van der Waals surface area contributed by atoms with Gasteiger partial charge in [0.1, 0.15) is 5.75 Å². The maximum absolute atomic E-state index is 13.4. The van der Waals surface area contributed by atoms with E-state index in [-0.39, 0.29) is 24.4 Å². The Morgan fingerprint density at radius 3 is 2.45 bits per heavy atom. The Morgan fingerprint density at radius 2 is 1.85 bits per heavy atom. The number of benzene rings is 1. The van der Waals surface area contributed by atoms with Crippen molar-refractivity contribution in [1.82, 2.24) is 14.4 Å². The number of carbonyl (C=O) groups is 2. The third-order valence-electron chi connectivity index (χ3n) is 5.93. The van der Waals surface area contributed by atoms with Gasteiger partial charge >= 0.3 is 0 Å². The number of nitrogens with zero attached hydrogens (tertiary/aromatic N) is 3. The first-order chi connectivity index (χ1) is 15.6. The second-order valence-corrected chi connectivity index (χ2v) is 9.73. The van der Waals surface area contributed by atoms with Gasteiger partial charge in [0.25, 0.3) is 0 Å². The van der Waals surface area contributed by atoms with Crippen LogP contribution in [0.15, 0.2) is 42.6 Å². The van der Waals surface area contributed by atoms with Crippen molar-refractivity contribution >= 4 is 11.8 Å². The average Bonchev–Trinajstić information content (AvgIpc) is 3.21. The van der Waals surface area contributed by atoms with Gasteiger partial charge in [0.2, 0.25) is 11.8 Å². The second-order valence-electron chi connectivity index (χ2n) is 9.73. The maximum atomic E-state index is 13.4. The van der Waals surface area contributed by atoms with E-state index in [4.69, 9.17) is 4.74 Å². The Morgan fingerprint density at radius 1 is 1.12 bits per heavy atom. The van der Waals surface area contributed by atoms with Gasteiger partial charge in [-0.2, -0.15) is 0 Å². The fourth-order valence-electron chi connectivity index (χ4n) is 3.85. The molecule has 0 aliphatic rings. The molecule has 2 amide bonds. The highest BCUT2D eigenvalue weighted by Gasteiger charge is 2.30. The van der Waals surface area contributed by atoms with Gasteiger partial charge < -0.3 is 19.1 Å². The third kappa shape index (κ3) is 7.37. The Balaban J connectivity index is 2.22. The lowest BCUT2D eigenvalue weighted by Crippen LogP contribution is -2.48. The predicted molar refractivity (Wildman–Crippen MR) is 133 cm³/mol. The molecule has 1 heterocycles. The topological polar surface area (TPSA) is 54.8 Å². The molecule has 0 bridgehead atoms. The van der Waals surface area contributed by atoms with Crippen LogP contribution in [-0.4, -0.2) is 52.4 Å². The quantitative estimate of drug-likeness (QED) is 0.481. The highest BCUT2D eigenvalue weighted by atomic mass is 16.5. The van der Waals surface area contributed by atoms with Crippen molar-refractivity contribution in [3.05, 3.63) is 53.9 Å². The van der Waals surface area contributed by atoms with Crippen molar-refractivity contribution in [2.45, 2.75) is 73.5 Å². The minimum Gasteiger partial charge on any atom is -0.497 e. The van der Waals surface area contributed by atoms with E-state index >= 15 is 0 Å². The zero-order valence-electron chi connectivity index (χ0n) is 21.4. The van der Waals surface area contributed by atoms with Gasteiger partial charge in [-0.3, -0.25) is 9.59 Å².